The van der Waals surface area contributed by atoms with Gasteiger partial charge in [0.15, 0.2) is 11.3 Å². The van der Waals surface area contributed by atoms with Gasteiger partial charge in [-0.1, -0.05) is 32.0 Å². The molecule has 0 spiro atoms. The van der Waals surface area contributed by atoms with E-state index in [0.29, 0.717) is 27.1 Å². The first-order chi connectivity index (χ1) is 20.1. The Labute approximate surface area is 255 Å². The van der Waals surface area contributed by atoms with Crippen LogP contribution in [0.3, 0.4) is 0 Å². The van der Waals surface area contributed by atoms with E-state index in [2.05, 4.69) is 16.5 Å². The molecule has 13 heteroatoms. The number of aryl methyl sites for hydroxylation is 2. The molecule has 5 rings (SSSR count). The highest BCUT2D eigenvalue weighted by Gasteiger charge is 2.56. The van der Waals surface area contributed by atoms with Gasteiger partial charge in [-0.15, -0.1) is 0 Å². The van der Waals surface area contributed by atoms with E-state index in [1.807, 2.05) is 27.7 Å². The van der Waals surface area contributed by atoms with Gasteiger partial charge in [0.25, 0.3) is 0 Å². The molecular formula is C30H28B2ClFN6O3. The Morgan fingerprint density at radius 1 is 1.16 bits per heavy atom. The maximum absolute atomic E-state index is 16.3. The number of halogens is 2. The van der Waals surface area contributed by atoms with E-state index in [1.165, 1.54) is 10.6 Å². The van der Waals surface area contributed by atoms with Crippen molar-refractivity contribution >= 4 is 44.4 Å². The summed E-state index contributed by atoms with van der Waals surface area (Å²) in [7, 11) is 12.8. The molecule has 0 saturated carbocycles. The van der Waals surface area contributed by atoms with Crippen molar-refractivity contribution in [2.24, 2.45) is 0 Å². The van der Waals surface area contributed by atoms with E-state index in [1.54, 1.807) is 31.6 Å². The van der Waals surface area contributed by atoms with Crippen molar-refractivity contribution in [1.29, 1.82) is 0 Å². The molecule has 5 heterocycles. The molecule has 0 aromatic carbocycles. The van der Waals surface area contributed by atoms with Crippen LogP contribution in [0, 0.1) is 20.8 Å². The van der Waals surface area contributed by atoms with Crippen LogP contribution in [-0.2, 0) is 10.1 Å². The zero-order chi connectivity index (χ0) is 31.6. The summed E-state index contributed by atoms with van der Waals surface area (Å²) in [5, 5.41) is -2.48. The number of aromatic nitrogens is 5. The van der Waals surface area contributed by atoms with Crippen molar-refractivity contribution in [3.8, 4) is 16.9 Å². The molecule has 1 aliphatic rings. The summed E-state index contributed by atoms with van der Waals surface area (Å²) < 4.78 is 18.2. The molecule has 0 atom stereocenters. The molecule has 4 aromatic heterocycles. The zero-order valence-corrected chi connectivity index (χ0v) is 25.2. The molecule has 0 bridgehead atoms. The number of alkyl halides is 1. The van der Waals surface area contributed by atoms with Crippen molar-refractivity contribution in [1.82, 2.24) is 29.0 Å². The lowest BCUT2D eigenvalue weighted by Gasteiger charge is -2.54. The fraction of sp³-hybridized carbons (Fsp3) is 0.333. The van der Waals surface area contributed by atoms with Gasteiger partial charge in [-0.25, -0.2) is 9.37 Å². The zero-order valence-electron chi connectivity index (χ0n) is 24.5. The molecule has 4 aromatic rings. The molecule has 9 nitrogen and oxygen atoms in total. The highest BCUT2D eigenvalue weighted by atomic mass is 35.5. The van der Waals surface area contributed by atoms with Gasteiger partial charge in [0.2, 0.25) is 5.91 Å². The predicted octanol–water partition coefficient (Wildman–Crippen LogP) is 3.39. The number of carbonyl (C=O) groups is 1. The van der Waals surface area contributed by atoms with Crippen LogP contribution in [0.2, 0.25) is 5.02 Å². The topological polar surface area (TPSA) is 103 Å². The van der Waals surface area contributed by atoms with E-state index in [4.69, 9.17) is 32.3 Å². The van der Waals surface area contributed by atoms with Crippen molar-refractivity contribution in [2.45, 2.75) is 51.5 Å². The number of fused-ring (bicyclic) bond motifs is 1. The van der Waals surface area contributed by atoms with Gasteiger partial charge in [-0.05, 0) is 61.6 Å². The van der Waals surface area contributed by atoms with Crippen LogP contribution in [0.25, 0.3) is 28.1 Å². The van der Waals surface area contributed by atoms with Gasteiger partial charge in [-0.3, -0.25) is 28.9 Å². The monoisotopic (exact) mass is 596 g/mol. The number of hydrogen-bond acceptors (Lipinski definition) is 6. The number of carbonyl (C=O) groups excluding carboxylic acids is 1. The fourth-order valence-electron chi connectivity index (χ4n) is 5.41. The largest absolute Gasteiger partial charge is 0.333 e. The van der Waals surface area contributed by atoms with Crippen LogP contribution < -0.4 is 11.1 Å². The van der Waals surface area contributed by atoms with Gasteiger partial charge < -0.3 is 9.47 Å². The van der Waals surface area contributed by atoms with Crippen molar-refractivity contribution in [3.05, 3.63) is 91.5 Å². The first-order valence-electron chi connectivity index (χ1n) is 13.6. The molecule has 1 aliphatic heterocycles. The van der Waals surface area contributed by atoms with Crippen LogP contribution >= 0.6 is 11.6 Å². The molecule has 1 fully saturated rings. The summed E-state index contributed by atoms with van der Waals surface area (Å²) in [6, 6.07) is 3.10. The van der Waals surface area contributed by atoms with E-state index in [-0.39, 0.29) is 27.8 Å². The first-order valence-corrected chi connectivity index (χ1v) is 14.0. The summed E-state index contributed by atoms with van der Waals surface area (Å²) in [5.74, 6) is -0.670. The Kier molecular flexibility index (Phi) is 7.49. The Morgan fingerprint density at radius 3 is 2.47 bits per heavy atom. The van der Waals surface area contributed by atoms with E-state index in [0.717, 1.165) is 22.1 Å². The lowest BCUT2D eigenvalue weighted by atomic mass is 9.51. The van der Waals surface area contributed by atoms with Crippen molar-refractivity contribution < 1.29 is 9.18 Å². The molecular weight excluding hydrogens is 568 g/mol. The molecule has 0 unspecified atom stereocenters. The predicted molar refractivity (Wildman–Crippen MR) is 166 cm³/mol. The molecule has 0 N–H and O–H groups in total. The highest BCUT2D eigenvalue weighted by Crippen LogP contribution is 2.39. The third-order valence-corrected chi connectivity index (χ3v) is 8.37. The average Bonchev–Trinajstić information content (AvgIpc) is 2.93. The molecule has 216 valence electrons. The molecule has 4 radical (unpaired) electrons. The smallest absolute Gasteiger partial charge is 0.322 e. The maximum Gasteiger partial charge on any atom is 0.322 e. The molecule has 43 heavy (non-hydrogen) atoms. The lowest BCUT2D eigenvalue weighted by Crippen LogP contribution is -2.74. The number of likely N-dealkylation sites (tertiary alicyclic amines) is 1. The number of pyridine rings is 3. The first kappa shape index (κ1) is 30.4. The minimum Gasteiger partial charge on any atom is -0.333 e. The third-order valence-electron chi connectivity index (χ3n) is 8.08. The third kappa shape index (κ3) is 4.63. The summed E-state index contributed by atoms with van der Waals surface area (Å²) in [5.41, 5.74) is -0.680. The van der Waals surface area contributed by atoms with Gasteiger partial charge >= 0.3 is 11.1 Å². The number of nitrogens with zero attached hydrogens (tertiary/aromatic N) is 6. The second kappa shape index (κ2) is 10.6. The quantitative estimate of drug-likeness (QED) is 0.192. The van der Waals surface area contributed by atoms with Crippen LogP contribution in [0.5, 0.6) is 0 Å². The van der Waals surface area contributed by atoms with Crippen LogP contribution in [-0.4, -0.2) is 69.3 Å². The Hall–Kier alpha value is -4.05. The normalized spacial score (nSPS) is 14.7. The minimum atomic E-state index is -2.57. The lowest BCUT2D eigenvalue weighted by molar-refractivity contribution is -0.143. The Bertz CT molecular complexity index is 1950. The van der Waals surface area contributed by atoms with E-state index < -0.39 is 41.1 Å². The Balaban J connectivity index is 1.92. The second-order valence-electron chi connectivity index (χ2n) is 11.3. The highest BCUT2D eigenvalue weighted by molar-refractivity contribution is 6.39. The fourth-order valence-corrected chi connectivity index (χ4v) is 5.66. The average molecular weight is 597 g/mol. The van der Waals surface area contributed by atoms with Gasteiger partial charge in [-0.2, -0.15) is 0 Å². The molecule has 0 aliphatic carbocycles. The number of hydrogen-bond donors (Lipinski definition) is 0. The summed E-state index contributed by atoms with van der Waals surface area (Å²) >= 11 is 6.79. The van der Waals surface area contributed by atoms with Crippen LogP contribution in [0.15, 0.2) is 53.0 Å². The second-order valence-corrected chi connectivity index (χ2v) is 11.7. The van der Waals surface area contributed by atoms with E-state index >= 15 is 4.39 Å². The number of rotatable bonds is 6. The summed E-state index contributed by atoms with van der Waals surface area (Å²) in [6.45, 7) is 11.7. The maximum atomic E-state index is 16.3. The minimum absolute atomic E-state index is 0.0369. The molecule has 1 saturated heterocycles. The van der Waals surface area contributed by atoms with Crippen LogP contribution in [0.4, 0.5) is 4.39 Å². The number of amides is 1. The molecule has 1 amide bonds. The summed E-state index contributed by atoms with van der Waals surface area (Å²) in [6.07, 6.45) is 5.95. The van der Waals surface area contributed by atoms with Gasteiger partial charge in [0.05, 0.1) is 56.4 Å². The van der Waals surface area contributed by atoms with Crippen molar-refractivity contribution in [3.63, 3.8) is 0 Å². The van der Waals surface area contributed by atoms with Gasteiger partial charge in [0, 0.05) is 29.5 Å². The SMILES string of the molecule is [B]C([B])(n1c(=O)c(=O)n(-c2c(C)ccnc2C(C)C)c2nc(-c3cncc(C)c3C)c(Cl)cc21)C1(F)CN(C(=O)C=C)C1. The summed E-state index contributed by atoms with van der Waals surface area (Å²) in [4.78, 5) is 54.8. The van der Waals surface area contributed by atoms with Gasteiger partial charge in [0.1, 0.15) is 0 Å². The van der Waals surface area contributed by atoms with Crippen LogP contribution in [0.1, 0.15) is 42.1 Å². The standard InChI is InChI=1S/C30H28B2ClFN6O3/c1-7-22(41)38-13-29(34,14-38)30(31,32)40-21-10-20(33)24(19-12-35-11-17(5)18(19)6)37-26(21)39(27(42)28(40)43)25-16(4)8-9-36-23(25)15(2)3/h7-12,15H,1,13-14H2,2-6H3. The Morgan fingerprint density at radius 2 is 1.84 bits per heavy atom. The van der Waals surface area contributed by atoms with Crippen molar-refractivity contribution in [2.75, 3.05) is 13.1 Å². The van der Waals surface area contributed by atoms with E-state index in [9.17, 15) is 14.4 Å².